The molecule has 1 aromatic rings. The number of hydrogen-bond donors (Lipinski definition) is 0. The minimum atomic E-state index is -0.271. The molecule has 0 aliphatic carbocycles. The minimum Gasteiger partial charge on any atom is -0.486 e. The van der Waals surface area contributed by atoms with Crippen LogP contribution in [-0.4, -0.2) is 19.2 Å². The SMILES string of the molecule is C=CC(CC)Oc1ccccc1CC(=O)OC. The van der Waals surface area contributed by atoms with Gasteiger partial charge >= 0.3 is 5.97 Å². The van der Waals surface area contributed by atoms with Gasteiger partial charge in [-0.3, -0.25) is 4.79 Å². The maximum absolute atomic E-state index is 11.3. The van der Waals surface area contributed by atoms with Gasteiger partial charge in [-0.2, -0.15) is 0 Å². The van der Waals surface area contributed by atoms with E-state index in [0.717, 1.165) is 12.0 Å². The highest BCUT2D eigenvalue weighted by Crippen LogP contribution is 2.21. The fourth-order valence-corrected chi connectivity index (χ4v) is 1.45. The number of esters is 1. The number of rotatable bonds is 6. The number of carbonyl (C=O) groups excluding carboxylic acids is 1. The van der Waals surface area contributed by atoms with E-state index in [-0.39, 0.29) is 18.5 Å². The molecular formula is C14H18O3. The molecule has 17 heavy (non-hydrogen) atoms. The molecule has 0 amide bonds. The molecule has 1 unspecified atom stereocenters. The van der Waals surface area contributed by atoms with Gasteiger partial charge in [-0.25, -0.2) is 0 Å². The number of benzene rings is 1. The predicted molar refractivity (Wildman–Crippen MR) is 67.1 cm³/mol. The van der Waals surface area contributed by atoms with E-state index in [4.69, 9.17) is 4.74 Å². The number of carbonyl (C=O) groups is 1. The molecule has 0 spiro atoms. The van der Waals surface area contributed by atoms with Crippen molar-refractivity contribution in [2.75, 3.05) is 7.11 Å². The average Bonchev–Trinajstić information content (AvgIpc) is 2.37. The summed E-state index contributed by atoms with van der Waals surface area (Å²) >= 11 is 0. The first kappa shape index (κ1) is 13.3. The van der Waals surface area contributed by atoms with Crippen molar-refractivity contribution >= 4 is 5.97 Å². The van der Waals surface area contributed by atoms with Gasteiger partial charge < -0.3 is 9.47 Å². The van der Waals surface area contributed by atoms with Crippen LogP contribution in [0, 0.1) is 0 Å². The summed E-state index contributed by atoms with van der Waals surface area (Å²) in [6.45, 7) is 5.74. The molecule has 0 aromatic heterocycles. The van der Waals surface area contributed by atoms with Crippen molar-refractivity contribution in [1.29, 1.82) is 0 Å². The van der Waals surface area contributed by atoms with Crippen LogP contribution in [0.15, 0.2) is 36.9 Å². The van der Waals surface area contributed by atoms with E-state index in [9.17, 15) is 4.79 Å². The van der Waals surface area contributed by atoms with Crippen molar-refractivity contribution < 1.29 is 14.3 Å². The fourth-order valence-electron chi connectivity index (χ4n) is 1.45. The number of para-hydroxylation sites is 1. The predicted octanol–water partition coefficient (Wildman–Crippen LogP) is 2.75. The second-order valence-corrected chi connectivity index (χ2v) is 3.66. The van der Waals surface area contributed by atoms with Crippen LogP contribution < -0.4 is 4.74 Å². The second kappa shape index (κ2) is 6.74. The lowest BCUT2D eigenvalue weighted by molar-refractivity contribution is -0.139. The first-order valence-corrected chi connectivity index (χ1v) is 5.65. The van der Waals surface area contributed by atoms with Crippen LogP contribution >= 0.6 is 0 Å². The molecule has 0 aliphatic heterocycles. The summed E-state index contributed by atoms with van der Waals surface area (Å²) in [5.41, 5.74) is 0.833. The Hall–Kier alpha value is -1.77. The Balaban J connectivity index is 2.83. The maximum Gasteiger partial charge on any atom is 0.310 e. The van der Waals surface area contributed by atoms with E-state index in [1.54, 1.807) is 6.08 Å². The molecule has 3 heteroatoms. The lowest BCUT2D eigenvalue weighted by atomic mass is 10.1. The van der Waals surface area contributed by atoms with Crippen molar-refractivity contribution in [3.63, 3.8) is 0 Å². The smallest absolute Gasteiger partial charge is 0.310 e. The molecule has 0 fully saturated rings. The first-order chi connectivity index (χ1) is 8.21. The lowest BCUT2D eigenvalue weighted by Gasteiger charge is -2.16. The van der Waals surface area contributed by atoms with Gasteiger partial charge in [-0.15, -0.1) is 0 Å². The molecule has 0 heterocycles. The summed E-state index contributed by atoms with van der Waals surface area (Å²) < 4.78 is 10.4. The Labute approximate surface area is 102 Å². The summed E-state index contributed by atoms with van der Waals surface area (Å²) in [5, 5.41) is 0. The van der Waals surface area contributed by atoms with E-state index < -0.39 is 0 Å². The van der Waals surface area contributed by atoms with Crippen molar-refractivity contribution in [2.24, 2.45) is 0 Å². The van der Waals surface area contributed by atoms with Crippen molar-refractivity contribution in [2.45, 2.75) is 25.9 Å². The molecule has 3 nitrogen and oxygen atoms in total. The zero-order chi connectivity index (χ0) is 12.7. The highest BCUT2D eigenvalue weighted by Gasteiger charge is 2.11. The molecule has 1 aromatic carbocycles. The summed E-state index contributed by atoms with van der Waals surface area (Å²) in [6, 6.07) is 7.47. The van der Waals surface area contributed by atoms with Gasteiger partial charge in [0.1, 0.15) is 11.9 Å². The molecular weight excluding hydrogens is 216 g/mol. The average molecular weight is 234 g/mol. The van der Waals surface area contributed by atoms with Crippen LogP contribution in [0.1, 0.15) is 18.9 Å². The summed E-state index contributed by atoms with van der Waals surface area (Å²) in [6.07, 6.45) is 2.79. The fraction of sp³-hybridized carbons (Fsp3) is 0.357. The highest BCUT2D eigenvalue weighted by molar-refractivity contribution is 5.73. The van der Waals surface area contributed by atoms with Crippen molar-refractivity contribution in [3.8, 4) is 5.75 Å². The van der Waals surface area contributed by atoms with E-state index in [1.165, 1.54) is 7.11 Å². The van der Waals surface area contributed by atoms with Gasteiger partial charge in [0.05, 0.1) is 13.5 Å². The highest BCUT2D eigenvalue weighted by atomic mass is 16.5. The zero-order valence-corrected chi connectivity index (χ0v) is 10.3. The van der Waals surface area contributed by atoms with Gasteiger partial charge in [0.2, 0.25) is 0 Å². The monoisotopic (exact) mass is 234 g/mol. The molecule has 0 saturated carbocycles. The van der Waals surface area contributed by atoms with E-state index in [1.807, 2.05) is 31.2 Å². The number of methoxy groups -OCH3 is 1. The number of hydrogen-bond acceptors (Lipinski definition) is 3. The van der Waals surface area contributed by atoms with Gasteiger partial charge in [-0.05, 0) is 12.5 Å². The Bertz CT molecular complexity index is 385. The van der Waals surface area contributed by atoms with Crippen LogP contribution in [0.5, 0.6) is 5.75 Å². The third-order valence-corrected chi connectivity index (χ3v) is 2.48. The quantitative estimate of drug-likeness (QED) is 0.561. The van der Waals surface area contributed by atoms with Crippen LogP contribution in [0.25, 0.3) is 0 Å². The molecule has 0 aliphatic rings. The topological polar surface area (TPSA) is 35.5 Å². The van der Waals surface area contributed by atoms with Crippen LogP contribution in [0.2, 0.25) is 0 Å². The normalized spacial score (nSPS) is 11.6. The van der Waals surface area contributed by atoms with Crippen LogP contribution in [0.3, 0.4) is 0 Å². The first-order valence-electron chi connectivity index (χ1n) is 5.65. The Kier molecular flexibility index (Phi) is 5.27. The van der Waals surface area contributed by atoms with Gasteiger partial charge in [0, 0.05) is 5.56 Å². The molecule has 0 saturated heterocycles. The Morgan fingerprint density at radius 2 is 2.18 bits per heavy atom. The van der Waals surface area contributed by atoms with Crippen LogP contribution in [0.4, 0.5) is 0 Å². The molecule has 1 atom stereocenters. The molecule has 0 radical (unpaired) electrons. The molecule has 0 bridgehead atoms. The van der Waals surface area contributed by atoms with E-state index in [0.29, 0.717) is 5.75 Å². The molecule has 0 N–H and O–H groups in total. The Morgan fingerprint density at radius 1 is 1.47 bits per heavy atom. The second-order valence-electron chi connectivity index (χ2n) is 3.66. The summed E-state index contributed by atoms with van der Waals surface area (Å²) in [7, 11) is 1.38. The lowest BCUT2D eigenvalue weighted by Crippen LogP contribution is -2.14. The summed E-state index contributed by atoms with van der Waals surface area (Å²) in [5.74, 6) is 0.442. The molecule has 92 valence electrons. The molecule has 1 rings (SSSR count). The van der Waals surface area contributed by atoms with Gasteiger partial charge in [0.15, 0.2) is 0 Å². The van der Waals surface area contributed by atoms with Crippen molar-refractivity contribution in [1.82, 2.24) is 0 Å². The third kappa shape index (κ3) is 3.94. The van der Waals surface area contributed by atoms with Gasteiger partial charge in [0.25, 0.3) is 0 Å². The standard InChI is InChI=1S/C14H18O3/c1-4-12(5-2)17-13-9-7-6-8-11(13)10-14(15)16-3/h4,6-9,12H,1,5,10H2,2-3H3. The van der Waals surface area contributed by atoms with E-state index in [2.05, 4.69) is 11.3 Å². The van der Waals surface area contributed by atoms with Gasteiger partial charge in [-0.1, -0.05) is 37.8 Å². The van der Waals surface area contributed by atoms with Crippen molar-refractivity contribution in [3.05, 3.63) is 42.5 Å². The largest absolute Gasteiger partial charge is 0.486 e. The third-order valence-electron chi connectivity index (χ3n) is 2.48. The Morgan fingerprint density at radius 3 is 2.76 bits per heavy atom. The minimum absolute atomic E-state index is 0.0335. The summed E-state index contributed by atoms with van der Waals surface area (Å²) in [4.78, 5) is 11.3. The maximum atomic E-state index is 11.3. The zero-order valence-electron chi connectivity index (χ0n) is 10.3. The van der Waals surface area contributed by atoms with Crippen LogP contribution in [-0.2, 0) is 16.0 Å². The number of ether oxygens (including phenoxy) is 2. The van der Waals surface area contributed by atoms with E-state index >= 15 is 0 Å².